The van der Waals surface area contributed by atoms with E-state index in [2.05, 4.69) is 27.3 Å². The maximum atomic E-state index is 12.5. The van der Waals surface area contributed by atoms with E-state index in [0.29, 0.717) is 25.5 Å². The van der Waals surface area contributed by atoms with E-state index in [1.54, 1.807) is 6.20 Å². The standard InChI is InChI=1S/C24H32N4O3/c1-24(2,3)31-22-17-19(11-12-25-22)18-26-21(29)9-10-23(30)28-15-13-27(14-16-28)20-7-5-4-6-8-20/h4-8,11-12,17H,9-10,13-16,18H2,1-3H3,(H,26,29). The van der Waals surface area contributed by atoms with E-state index in [1.165, 1.54) is 5.69 Å². The third-order valence-electron chi connectivity index (χ3n) is 5.02. The number of hydrogen-bond donors (Lipinski definition) is 1. The second kappa shape index (κ2) is 10.3. The van der Waals surface area contributed by atoms with Crippen molar-refractivity contribution in [2.24, 2.45) is 0 Å². The van der Waals surface area contributed by atoms with E-state index >= 15 is 0 Å². The molecule has 7 nitrogen and oxygen atoms in total. The van der Waals surface area contributed by atoms with Crippen molar-refractivity contribution in [2.45, 2.75) is 45.8 Å². The summed E-state index contributed by atoms with van der Waals surface area (Å²) in [5, 5.41) is 2.87. The molecule has 2 amide bonds. The van der Waals surface area contributed by atoms with Crippen LogP contribution in [0.4, 0.5) is 5.69 Å². The number of amides is 2. The molecule has 31 heavy (non-hydrogen) atoms. The summed E-state index contributed by atoms with van der Waals surface area (Å²) in [6.07, 6.45) is 2.08. The summed E-state index contributed by atoms with van der Waals surface area (Å²) in [4.78, 5) is 33.1. The summed E-state index contributed by atoms with van der Waals surface area (Å²) >= 11 is 0. The Morgan fingerprint density at radius 2 is 1.74 bits per heavy atom. The first kappa shape index (κ1) is 22.6. The zero-order valence-electron chi connectivity index (χ0n) is 18.6. The Bertz CT molecular complexity index is 872. The summed E-state index contributed by atoms with van der Waals surface area (Å²) in [5.41, 5.74) is 1.76. The summed E-state index contributed by atoms with van der Waals surface area (Å²) in [5.74, 6) is 0.433. The van der Waals surface area contributed by atoms with Crippen molar-refractivity contribution in [3.05, 3.63) is 54.2 Å². The zero-order valence-corrected chi connectivity index (χ0v) is 18.6. The van der Waals surface area contributed by atoms with Crippen LogP contribution in [0, 0.1) is 0 Å². The molecule has 0 aliphatic carbocycles. The second-order valence-corrected chi connectivity index (χ2v) is 8.70. The number of hydrogen-bond acceptors (Lipinski definition) is 5. The van der Waals surface area contributed by atoms with E-state index in [-0.39, 0.29) is 30.3 Å². The van der Waals surface area contributed by atoms with Gasteiger partial charge in [0.05, 0.1) is 0 Å². The van der Waals surface area contributed by atoms with E-state index < -0.39 is 0 Å². The average Bonchev–Trinajstić information content (AvgIpc) is 2.76. The fourth-order valence-corrected chi connectivity index (χ4v) is 3.45. The summed E-state index contributed by atoms with van der Waals surface area (Å²) in [6, 6.07) is 13.9. The minimum Gasteiger partial charge on any atom is -0.472 e. The number of nitrogens with one attached hydrogen (secondary N) is 1. The molecule has 3 rings (SSSR count). The van der Waals surface area contributed by atoms with Gasteiger partial charge >= 0.3 is 0 Å². The van der Waals surface area contributed by atoms with Gasteiger partial charge in [0.1, 0.15) is 5.60 Å². The molecule has 166 valence electrons. The normalized spacial score (nSPS) is 14.3. The molecule has 0 saturated carbocycles. The van der Waals surface area contributed by atoms with Crippen molar-refractivity contribution < 1.29 is 14.3 Å². The van der Waals surface area contributed by atoms with Gasteiger partial charge in [-0.05, 0) is 44.5 Å². The SMILES string of the molecule is CC(C)(C)Oc1cc(CNC(=O)CCC(=O)N2CCN(c3ccccc3)CC2)ccn1. The van der Waals surface area contributed by atoms with Gasteiger partial charge in [-0.2, -0.15) is 0 Å². The van der Waals surface area contributed by atoms with Crippen LogP contribution < -0.4 is 15.0 Å². The van der Waals surface area contributed by atoms with Crippen LogP contribution in [-0.2, 0) is 16.1 Å². The number of benzene rings is 1. The highest BCUT2D eigenvalue weighted by Crippen LogP contribution is 2.17. The first-order chi connectivity index (χ1) is 14.8. The Kier molecular flexibility index (Phi) is 7.50. The Morgan fingerprint density at radius 3 is 2.42 bits per heavy atom. The van der Waals surface area contributed by atoms with Gasteiger partial charge in [0.25, 0.3) is 0 Å². The van der Waals surface area contributed by atoms with Crippen LogP contribution in [0.25, 0.3) is 0 Å². The van der Waals surface area contributed by atoms with Crippen LogP contribution >= 0.6 is 0 Å². The van der Waals surface area contributed by atoms with Crippen molar-refractivity contribution in [3.63, 3.8) is 0 Å². The van der Waals surface area contributed by atoms with Gasteiger partial charge in [0.15, 0.2) is 0 Å². The third-order valence-corrected chi connectivity index (χ3v) is 5.02. The largest absolute Gasteiger partial charge is 0.472 e. The van der Waals surface area contributed by atoms with Crippen LogP contribution in [-0.4, -0.2) is 53.5 Å². The van der Waals surface area contributed by atoms with E-state index in [0.717, 1.165) is 18.7 Å². The monoisotopic (exact) mass is 424 g/mol. The van der Waals surface area contributed by atoms with Gasteiger partial charge in [-0.3, -0.25) is 9.59 Å². The molecule has 1 aromatic carbocycles. The van der Waals surface area contributed by atoms with Crippen molar-refractivity contribution in [3.8, 4) is 5.88 Å². The molecular weight excluding hydrogens is 392 g/mol. The number of anilines is 1. The molecule has 1 fully saturated rings. The van der Waals surface area contributed by atoms with E-state index in [9.17, 15) is 9.59 Å². The smallest absolute Gasteiger partial charge is 0.223 e. The quantitative estimate of drug-likeness (QED) is 0.740. The van der Waals surface area contributed by atoms with Crippen LogP contribution in [0.2, 0.25) is 0 Å². The third kappa shape index (κ3) is 7.27. The minimum absolute atomic E-state index is 0.0348. The number of ether oxygens (including phenoxy) is 1. The zero-order chi connectivity index (χ0) is 22.3. The van der Waals surface area contributed by atoms with Crippen molar-refractivity contribution in [2.75, 3.05) is 31.1 Å². The fraction of sp³-hybridized carbons (Fsp3) is 0.458. The molecular formula is C24H32N4O3. The molecule has 0 atom stereocenters. The van der Waals surface area contributed by atoms with Gasteiger partial charge < -0.3 is 19.9 Å². The lowest BCUT2D eigenvalue weighted by Crippen LogP contribution is -2.48. The lowest BCUT2D eigenvalue weighted by molar-refractivity contribution is -0.133. The summed E-state index contributed by atoms with van der Waals surface area (Å²) < 4.78 is 5.75. The maximum absolute atomic E-state index is 12.5. The number of carbonyl (C=O) groups is 2. The summed E-state index contributed by atoms with van der Waals surface area (Å²) in [6.45, 7) is 9.24. The Morgan fingerprint density at radius 1 is 1.03 bits per heavy atom. The maximum Gasteiger partial charge on any atom is 0.223 e. The molecule has 1 aliphatic rings. The van der Waals surface area contributed by atoms with Crippen molar-refractivity contribution in [1.29, 1.82) is 0 Å². The molecule has 0 radical (unpaired) electrons. The molecule has 7 heteroatoms. The predicted octanol–water partition coefficient (Wildman–Crippen LogP) is 3.00. The lowest BCUT2D eigenvalue weighted by atomic mass is 10.2. The molecule has 2 heterocycles. The minimum atomic E-state index is -0.332. The second-order valence-electron chi connectivity index (χ2n) is 8.70. The first-order valence-electron chi connectivity index (χ1n) is 10.8. The highest BCUT2D eigenvalue weighted by Gasteiger charge is 2.21. The molecule has 0 bridgehead atoms. The van der Waals surface area contributed by atoms with Crippen molar-refractivity contribution >= 4 is 17.5 Å². The van der Waals surface area contributed by atoms with Crippen LogP contribution in [0.15, 0.2) is 48.7 Å². The number of pyridine rings is 1. The molecule has 0 unspecified atom stereocenters. The highest BCUT2D eigenvalue weighted by molar-refractivity contribution is 5.83. The van der Waals surface area contributed by atoms with Gasteiger partial charge in [0, 0.05) is 63.5 Å². The fourth-order valence-electron chi connectivity index (χ4n) is 3.45. The number of para-hydroxylation sites is 1. The summed E-state index contributed by atoms with van der Waals surface area (Å²) in [7, 11) is 0. The Hall–Kier alpha value is -3.09. The number of aromatic nitrogens is 1. The van der Waals surface area contributed by atoms with Gasteiger partial charge in [-0.1, -0.05) is 18.2 Å². The van der Waals surface area contributed by atoms with E-state index in [1.807, 2.05) is 56.0 Å². The molecule has 0 spiro atoms. The molecule has 1 N–H and O–H groups in total. The molecule has 1 saturated heterocycles. The predicted molar refractivity (Wildman–Crippen MR) is 121 cm³/mol. The van der Waals surface area contributed by atoms with E-state index in [4.69, 9.17) is 4.74 Å². The Balaban J connectivity index is 1.38. The van der Waals surface area contributed by atoms with Gasteiger partial charge in [-0.15, -0.1) is 0 Å². The highest BCUT2D eigenvalue weighted by atomic mass is 16.5. The van der Waals surface area contributed by atoms with Crippen LogP contribution in [0.3, 0.4) is 0 Å². The Labute approximate surface area is 184 Å². The van der Waals surface area contributed by atoms with Gasteiger partial charge in [0.2, 0.25) is 17.7 Å². The number of nitrogens with zero attached hydrogens (tertiary/aromatic N) is 3. The molecule has 1 aromatic heterocycles. The van der Waals surface area contributed by atoms with Crippen molar-refractivity contribution in [1.82, 2.24) is 15.2 Å². The number of carbonyl (C=O) groups excluding carboxylic acids is 2. The molecule has 2 aromatic rings. The lowest BCUT2D eigenvalue weighted by Gasteiger charge is -2.36. The number of piperazine rings is 1. The van der Waals surface area contributed by atoms with Crippen LogP contribution in [0.5, 0.6) is 5.88 Å². The van der Waals surface area contributed by atoms with Crippen LogP contribution in [0.1, 0.15) is 39.2 Å². The number of rotatable bonds is 7. The molecule has 1 aliphatic heterocycles. The van der Waals surface area contributed by atoms with Gasteiger partial charge in [-0.25, -0.2) is 4.98 Å². The first-order valence-corrected chi connectivity index (χ1v) is 10.8. The average molecular weight is 425 g/mol. The topological polar surface area (TPSA) is 74.8 Å².